The Bertz CT molecular complexity index is 812. The van der Waals surface area contributed by atoms with E-state index in [9.17, 15) is 10.2 Å². The highest BCUT2D eigenvalue weighted by atomic mass is 16.3. The van der Waals surface area contributed by atoms with E-state index in [1.54, 1.807) is 0 Å². The molecule has 0 amide bonds. The first-order valence-electron chi connectivity index (χ1n) is 11.8. The fraction of sp³-hybridized carbons (Fsp3) is 0.643. The summed E-state index contributed by atoms with van der Waals surface area (Å²) in [6.45, 7) is 19.6. The van der Waals surface area contributed by atoms with Crippen LogP contribution < -0.4 is 0 Å². The van der Waals surface area contributed by atoms with Gasteiger partial charge in [-0.1, -0.05) is 92.5 Å². The lowest BCUT2D eigenvalue weighted by atomic mass is 9.69. The standard InChI is InChI=1S/C28H44O2/c1-10-13-20(21-14-18(11-2)16-23(25(21)29)27(4,5)6)22-15-19(12-3)17-24(26(22)30)28(7,8)9/h14,16-17,20,22,29-30H,10-13,15H2,1-9H3. The molecule has 2 N–H and O–H groups in total. The van der Waals surface area contributed by atoms with E-state index in [2.05, 4.69) is 80.5 Å². The van der Waals surface area contributed by atoms with E-state index in [1.807, 2.05) is 0 Å². The highest BCUT2D eigenvalue weighted by molar-refractivity contribution is 5.50. The van der Waals surface area contributed by atoms with Crippen molar-refractivity contribution >= 4 is 0 Å². The molecule has 30 heavy (non-hydrogen) atoms. The van der Waals surface area contributed by atoms with E-state index < -0.39 is 0 Å². The summed E-state index contributed by atoms with van der Waals surface area (Å²) in [7, 11) is 0. The van der Waals surface area contributed by atoms with Crippen LogP contribution in [0.5, 0.6) is 5.75 Å². The molecule has 1 aromatic rings. The van der Waals surface area contributed by atoms with Crippen LogP contribution in [0.4, 0.5) is 0 Å². The summed E-state index contributed by atoms with van der Waals surface area (Å²) in [5.74, 6) is 1.08. The zero-order valence-corrected chi connectivity index (χ0v) is 20.8. The lowest BCUT2D eigenvalue weighted by Gasteiger charge is -2.36. The smallest absolute Gasteiger partial charge is 0.122 e. The molecule has 0 aliphatic heterocycles. The van der Waals surface area contributed by atoms with Crippen LogP contribution >= 0.6 is 0 Å². The lowest BCUT2D eigenvalue weighted by Crippen LogP contribution is -2.25. The van der Waals surface area contributed by atoms with Crippen molar-refractivity contribution < 1.29 is 10.2 Å². The average molecular weight is 413 g/mol. The molecule has 2 unspecified atom stereocenters. The van der Waals surface area contributed by atoms with Gasteiger partial charge in [-0.25, -0.2) is 0 Å². The van der Waals surface area contributed by atoms with Crippen LogP contribution in [-0.4, -0.2) is 10.2 Å². The molecule has 0 spiro atoms. The predicted octanol–water partition coefficient (Wildman–Crippen LogP) is 8.35. The van der Waals surface area contributed by atoms with Crippen LogP contribution in [0.1, 0.15) is 111 Å². The average Bonchev–Trinajstić information content (AvgIpc) is 2.65. The topological polar surface area (TPSA) is 40.5 Å². The Labute approximate surface area is 185 Å². The minimum absolute atomic E-state index is 0.0185. The molecule has 168 valence electrons. The Morgan fingerprint density at radius 3 is 2.03 bits per heavy atom. The number of benzene rings is 1. The van der Waals surface area contributed by atoms with Crippen LogP contribution in [0.3, 0.4) is 0 Å². The first-order valence-corrected chi connectivity index (χ1v) is 11.8. The third kappa shape index (κ3) is 5.13. The Kier molecular flexibility index (Phi) is 7.54. The first-order chi connectivity index (χ1) is 13.8. The number of rotatable bonds is 6. The normalized spacial score (nSPS) is 19.1. The van der Waals surface area contributed by atoms with Gasteiger partial charge in [-0.05, 0) is 64.7 Å². The molecule has 1 aliphatic rings. The summed E-state index contributed by atoms with van der Waals surface area (Å²) in [6.07, 6.45) is 7.00. The van der Waals surface area contributed by atoms with E-state index in [1.165, 1.54) is 11.1 Å². The highest BCUT2D eigenvalue weighted by Crippen LogP contribution is 2.48. The van der Waals surface area contributed by atoms with Gasteiger partial charge in [0.05, 0.1) is 5.76 Å². The van der Waals surface area contributed by atoms with Gasteiger partial charge in [0, 0.05) is 5.92 Å². The summed E-state index contributed by atoms with van der Waals surface area (Å²) in [4.78, 5) is 0. The predicted molar refractivity (Wildman–Crippen MR) is 129 cm³/mol. The van der Waals surface area contributed by atoms with Crippen molar-refractivity contribution in [1.29, 1.82) is 0 Å². The van der Waals surface area contributed by atoms with Crippen molar-refractivity contribution in [2.75, 3.05) is 0 Å². The maximum Gasteiger partial charge on any atom is 0.122 e. The van der Waals surface area contributed by atoms with Crippen LogP contribution in [0.15, 0.2) is 35.1 Å². The summed E-state index contributed by atoms with van der Waals surface area (Å²) < 4.78 is 0. The monoisotopic (exact) mass is 412 g/mol. The van der Waals surface area contributed by atoms with Gasteiger partial charge in [-0.15, -0.1) is 0 Å². The molecule has 0 fully saturated rings. The van der Waals surface area contributed by atoms with Crippen LogP contribution in [0, 0.1) is 11.3 Å². The summed E-state index contributed by atoms with van der Waals surface area (Å²) in [5.41, 5.74) is 5.50. The molecule has 0 radical (unpaired) electrons. The van der Waals surface area contributed by atoms with Gasteiger partial charge in [0.15, 0.2) is 0 Å². The van der Waals surface area contributed by atoms with E-state index in [0.29, 0.717) is 11.5 Å². The van der Waals surface area contributed by atoms with E-state index >= 15 is 0 Å². The van der Waals surface area contributed by atoms with Crippen LogP contribution in [0.2, 0.25) is 0 Å². The Morgan fingerprint density at radius 1 is 0.933 bits per heavy atom. The molecule has 2 nitrogen and oxygen atoms in total. The Balaban J connectivity index is 2.71. The van der Waals surface area contributed by atoms with Gasteiger partial charge in [-0.3, -0.25) is 0 Å². The summed E-state index contributed by atoms with van der Waals surface area (Å²) >= 11 is 0. The molecule has 2 heteroatoms. The minimum atomic E-state index is -0.129. The van der Waals surface area contributed by atoms with E-state index in [-0.39, 0.29) is 22.7 Å². The molecule has 2 atom stereocenters. The number of aromatic hydroxyl groups is 1. The van der Waals surface area contributed by atoms with Crippen molar-refractivity contribution in [2.24, 2.45) is 11.3 Å². The summed E-state index contributed by atoms with van der Waals surface area (Å²) in [5, 5.41) is 22.8. The Hall–Kier alpha value is -1.70. The number of phenolic OH excluding ortho intramolecular Hbond substituents is 1. The fourth-order valence-corrected chi connectivity index (χ4v) is 4.76. The van der Waals surface area contributed by atoms with Crippen LogP contribution in [0.25, 0.3) is 0 Å². The number of aliphatic hydroxyl groups excluding tert-OH is 1. The lowest BCUT2D eigenvalue weighted by molar-refractivity contribution is 0.263. The first kappa shape index (κ1) is 24.6. The molecule has 0 saturated heterocycles. The highest BCUT2D eigenvalue weighted by Gasteiger charge is 2.36. The van der Waals surface area contributed by atoms with Gasteiger partial charge in [0.1, 0.15) is 5.75 Å². The van der Waals surface area contributed by atoms with Crippen molar-refractivity contribution in [3.63, 3.8) is 0 Å². The van der Waals surface area contributed by atoms with Crippen molar-refractivity contribution in [1.82, 2.24) is 0 Å². The maximum absolute atomic E-state index is 11.4. The zero-order chi connectivity index (χ0) is 22.9. The quantitative estimate of drug-likeness (QED) is 0.493. The Morgan fingerprint density at radius 2 is 1.57 bits per heavy atom. The summed E-state index contributed by atoms with van der Waals surface area (Å²) in [6, 6.07) is 4.36. The molecular weight excluding hydrogens is 368 g/mol. The minimum Gasteiger partial charge on any atom is -0.512 e. The molecule has 1 aliphatic carbocycles. The third-order valence-corrected chi connectivity index (χ3v) is 6.62. The largest absolute Gasteiger partial charge is 0.512 e. The molecule has 1 aromatic carbocycles. The van der Waals surface area contributed by atoms with Crippen molar-refractivity contribution in [3.8, 4) is 5.75 Å². The number of aryl methyl sites for hydroxylation is 1. The van der Waals surface area contributed by atoms with E-state index in [0.717, 1.165) is 48.8 Å². The number of allylic oxidation sites excluding steroid dienone is 4. The second kappa shape index (κ2) is 9.20. The number of hydrogen-bond donors (Lipinski definition) is 2. The van der Waals surface area contributed by atoms with Gasteiger partial charge >= 0.3 is 0 Å². The molecule has 0 aromatic heterocycles. The molecule has 2 rings (SSSR count). The molecule has 0 saturated carbocycles. The molecule has 0 heterocycles. The van der Waals surface area contributed by atoms with Crippen molar-refractivity contribution in [3.05, 3.63) is 51.8 Å². The zero-order valence-electron chi connectivity index (χ0n) is 20.8. The number of aliphatic hydroxyl groups is 1. The number of phenols is 1. The van der Waals surface area contributed by atoms with Gasteiger partial charge in [-0.2, -0.15) is 0 Å². The maximum atomic E-state index is 11.4. The molecular formula is C28H44O2. The van der Waals surface area contributed by atoms with Crippen molar-refractivity contribution in [2.45, 2.75) is 106 Å². The molecule has 0 bridgehead atoms. The third-order valence-electron chi connectivity index (χ3n) is 6.62. The van der Waals surface area contributed by atoms with Crippen LogP contribution in [-0.2, 0) is 11.8 Å². The van der Waals surface area contributed by atoms with Gasteiger partial charge < -0.3 is 10.2 Å². The van der Waals surface area contributed by atoms with E-state index in [4.69, 9.17) is 0 Å². The SMILES string of the molecule is CCCC(c1cc(CC)cc(C(C)(C)C)c1O)C1CC(CC)=CC(C(C)(C)C)=C1O. The van der Waals surface area contributed by atoms with Gasteiger partial charge in [0.2, 0.25) is 0 Å². The second-order valence-corrected chi connectivity index (χ2v) is 11.1. The number of hydrogen-bond acceptors (Lipinski definition) is 2. The van der Waals surface area contributed by atoms with Gasteiger partial charge in [0.25, 0.3) is 0 Å². The second-order valence-electron chi connectivity index (χ2n) is 11.1. The fourth-order valence-electron chi connectivity index (χ4n) is 4.76.